The molecule has 1 aliphatic carbocycles. The lowest BCUT2D eigenvalue weighted by Gasteiger charge is -2.37. The summed E-state index contributed by atoms with van der Waals surface area (Å²) in [6.45, 7) is 3.38. The Balaban J connectivity index is 1.45. The number of ether oxygens (including phenoxy) is 3. The van der Waals surface area contributed by atoms with Crippen molar-refractivity contribution in [1.29, 1.82) is 0 Å². The third-order valence-electron chi connectivity index (χ3n) is 6.22. The largest absolute Gasteiger partial charge is 0.497 e. The first-order valence-electron chi connectivity index (χ1n) is 10.9. The van der Waals surface area contributed by atoms with Gasteiger partial charge in [0.15, 0.2) is 11.5 Å². The monoisotopic (exact) mass is 454 g/mol. The zero-order chi connectivity index (χ0) is 22.2. The van der Waals surface area contributed by atoms with Crippen LogP contribution in [-0.4, -0.2) is 57.5 Å². The van der Waals surface area contributed by atoms with Gasteiger partial charge in [-0.05, 0) is 31.0 Å². The zero-order valence-electron chi connectivity index (χ0n) is 18.6. The van der Waals surface area contributed by atoms with Gasteiger partial charge >= 0.3 is 0 Å². The Labute approximate surface area is 192 Å². The fourth-order valence-corrected chi connectivity index (χ4v) is 4.54. The number of piperazine rings is 1. The highest BCUT2D eigenvalue weighted by molar-refractivity contribution is 6.33. The number of anilines is 2. The van der Waals surface area contributed by atoms with Crippen LogP contribution >= 0.6 is 11.6 Å². The van der Waals surface area contributed by atoms with Gasteiger partial charge in [0.25, 0.3) is 0 Å². The Morgan fingerprint density at radius 1 is 0.844 bits per heavy atom. The summed E-state index contributed by atoms with van der Waals surface area (Å²) >= 11 is 6.52. The molecule has 1 saturated carbocycles. The molecule has 7 nitrogen and oxygen atoms in total. The van der Waals surface area contributed by atoms with E-state index in [9.17, 15) is 0 Å². The summed E-state index contributed by atoms with van der Waals surface area (Å²) in [5.74, 6) is 4.50. The highest BCUT2D eigenvalue weighted by Gasteiger charge is 2.30. The fourth-order valence-electron chi connectivity index (χ4n) is 4.25. The predicted molar refractivity (Wildman–Crippen MR) is 127 cm³/mol. The Hall–Kier alpha value is -2.93. The Bertz CT molecular complexity index is 1140. The Kier molecular flexibility index (Phi) is 5.59. The van der Waals surface area contributed by atoms with E-state index in [0.29, 0.717) is 22.4 Å². The van der Waals surface area contributed by atoms with Crippen LogP contribution in [0.5, 0.6) is 17.2 Å². The highest BCUT2D eigenvalue weighted by atomic mass is 35.5. The van der Waals surface area contributed by atoms with Crippen LogP contribution in [0.2, 0.25) is 5.02 Å². The standard InChI is InChI=1S/C24H27ClN4O3/c1-30-16-6-7-20(18(25)12-16)28-8-10-29(11-9-28)24-17-13-21(31-2)22(32-3)14-19(17)26-23(27-24)15-4-5-15/h6-7,12-15H,4-5,8-11H2,1-3H3. The second kappa shape index (κ2) is 8.54. The second-order valence-electron chi connectivity index (χ2n) is 8.20. The second-order valence-corrected chi connectivity index (χ2v) is 8.60. The van der Waals surface area contributed by atoms with Crippen LogP contribution in [0.4, 0.5) is 11.5 Å². The molecule has 168 valence electrons. The number of nitrogens with zero attached hydrogens (tertiary/aromatic N) is 4. The number of hydrogen-bond acceptors (Lipinski definition) is 7. The van der Waals surface area contributed by atoms with E-state index in [2.05, 4.69) is 9.80 Å². The molecule has 1 aliphatic heterocycles. The van der Waals surface area contributed by atoms with Crippen LogP contribution in [0.15, 0.2) is 30.3 Å². The number of methoxy groups -OCH3 is 3. The average molecular weight is 455 g/mol. The SMILES string of the molecule is COc1ccc(N2CCN(c3nc(C4CC4)nc4cc(OC)c(OC)cc34)CC2)c(Cl)c1. The van der Waals surface area contributed by atoms with Gasteiger partial charge in [0.05, 0.1) is 37.6 Å². The normalized spacial score (nSPS) is 16.4. The molecular weight excluding hydrogens is 428 g/mol. The van der Waals surface area contributed by atoms with Crippen LogP contribution in [0, 0.1) is 0 Å². The van der Waals surface area contributed by atoms with Crippen molar-refractivity contribution < 1.29 is 14.2 Å². The zero-order valence-corrected chi connectivity index (χ0v) is 19.4. The van der Waals surface area contributed by atoms with Gasteiger partial charge < -0.3 is 24.0 Å². The minimum Gasteiger partial charge on any atom is -0.497 e. The number of fused-ring (bicyclic) bond motifs is 1. The van der Waals surface area contributed by atoms with Crippen molar-refractivity contribution in [3.05, 3.63) is 41.2 Å². The molecule has 0 amide bonds. The van der Waals surface area contributed by atoms with E-state index in [1.54, 1.807) is 21.3 Å². The minimum absolute atomic E-state index is 0.464. The third kappa shape index (κ3) is 3.86. The number of halogens is 1. The summed E-state index contributed by atoms with van der Waals surface area (Å²) < 4.78 is 16.3. The molecule has 1 aromatic heterocycles. The molecule has 0 radical (unpaired) electrons. The van der Waals surface area contributed by atoms with Crippen molar-refractivity contribution in [1.82, 2.24) is 9.97 Å². The molecule has 2 fully saturated rings. The molecule has 0 spiro atoms. The fraction of sp³-hybridized carbons (Fsp3) is 0.417. The third-order valence-corrected chi connectivity index (χ3v) is 6.52. The molecule has 32 heavy (non-hydrogen) atoms. The Morgan fingerprint density at radius 2 is 1.53 bits per heavy atom. The van der Waals surface area contributed by atoms with Gasteiger partial charge in [-0.25, -0.2) is 9.97 Å². The molecule has 1 saturated heterocycles. The molecule has 0 unspecified atom stereocenters. The van der Waals surface area contributed by atoms with Gasteiger partial charge in [0, 0.05) is 49.6 Å². The molecule has 0 atom stereocenters. The number of aromatic nitrogens is 2. The molecule has 2 heterocycles. The van der Waals surface area contributed by atoms with Crippen molar-refractivity contribution in [2.45, 2.75) is 18.8 Å². The first kappa shape index (κ1) is 20.9. The van der Waals surface area contributed by atoms with Crippen LogP contribution in [-0.2, 0) is 0 Å². The summed E-state index contributed by atoms with van der Waals surface area (Å²) in [4.78, 5) is 14.5. The van der Waals surface area contributed by atoms with E-state index in [4.69, 9.17) is 35.8 Å². The molecule has 3 aromatic rings. The van der Waals surface area contributed by atoms with Gasteiger partial charge in [0.2, 0.25) is 0 Å². The van der Waals surface area contributed by atoms with E-state index in [1.165, 1.54) is 0 Å². The molecule has 2 aliphatic rings. The van der Waals surface area contributed by atoms with Crippen molar-refractivity contribution in [3.63, 3.8) is 0 Å². The van der Waals surface area contributed by atoms with Crippen molar-refractivity contribution in [2.24, 2.45) is 0 Å². The van der Waals surface area contributed by atoms with Crippen molar-refractivity contribution in [3.8, 4) is 17.2 Å². The van der Waals surface area contributed by atoms with Crippen molar-refractivity contribution >= 4 is 34.0 Å². The van der Waals surface area contributed by atoms with Crippen LogP contribution in [0.25, 0.3) is 10.9 Å². The number of benzene rings is 2. The van der Waals surface area contributed by atoms with E-state index in [-0.39, 0.29) is 0 Å². The van der Waals surface area contributed by atoms with Gasteiger partial charge in [-0.2, -0.15) is 0 Å². The smallest absolute Gasteiger partial charge is 0.162 e. The molecule has 5 rings (SSSR count). The molecule has 0 bridgehead atoms. The van der Waals surface area contributed by atoms with Crippen LogP contribution < -0.4 is 24.0 Å². The van der Waals surface area contributed by atoms with E-state index >= 15 is 0 Å². The van der Waals surface area contributed by atoms with Gasteiger partial charge in [-0.3, -0.25) is 0 Å². The van der Waals surface area contributed by atoms with E-state index in [0.717, 1.165) is 73.0 Å². The Morgan fingerprint density at radius 3 is 2.16 bits per heavy atom. The van der Waals surface area contributed by atoms with E-state index in [1.807, 2.05) is 30.3 Å². The summed E-state index contributed by atoms with van der Waals surface area (Å²) in [6.07, 6.45) is 2.31. The molecule has 0 N–H and O–H groups in total. The maximum Gasteiger partial charge on any atom is 0.162 e. The van der Waals surface area contributed by atoms with Crippen LogP contribution in [0.3, 0.4) is 0 Å². The molecule has 2 aromatic carbocycles. The average Bonchev–Trinajstić information content (AvgIpc) is 3.68. The van der Waals surface area contributed by atoms with Crippen LogP contribution in [0.1, 0.15) is 24.6 Å². The van der Waals surface area contributed by atoms with Gasteiger partial charge in [-0.1, -0.05) is 11.6 Å². The molecule has 8 heteroatoms. The number of hydrogen-bond donors (Lipinski definition) is 0. The first-order valence-corrected chi connectivity index (χ1v) is 11.3. The quantitative estimate of drug-likeness (QED) is 0.543. The topological polar surface area (TPSA) is 60.0 Å². The lowest BCUT2D eigenvalue weighted by atomic mass is 10.1. The summed E-state index contributed by atoms with van der Waals surface area (Å²) in [5, 5.41) is 1.70. The summed E-state index contributed by atoms with van der Waals surface area (Å²) in [7, 11) is 4.95. The van der Waals surface area contributed by atoms with Crippen molar-refractivity contribution in [2.75, 3.05) is 57.3 Å². The minimum atomic E-state index is 0.464. The summed E-state index contributed by atoms with van der Waals surface area (Å²) in [5.41, 5.74) is 1.93. The maximum absolute atomic E-state index is 6.52. The lowest BCUT2D eigenvalue weighted by molar-refractivity contribution is 0.355. The van der Waals surface area contributed by atoms with E-state index < -0.39 is 0 Å². The predicted octanol–water partition coefficient (Wildman–Crippen LogP) is 4.51. The molecular formula is C24H27ClN4O3. The lowest BCUT2D eigenvalue weighted by Crippen LogP contribution is -2.47. The summed E-state index contributed by atoms with van der Waals surface area (Å²) in [6, 6.07) is 9.79. The highest BCUT2D eigenvalue weighted by Crippen LogP contribution is 2.42. The first-order chi connectivity index (χ1) is 15.6. The van der Waals surface area contributed by atoms with Gasteiger partial charge in [0.1, 0.15) is 17.4 Å². The van der Waals surface area contributed by atoms with Gasteiger partial charge in [-0.15, -0.1) is 0 Å². The number of rotatable bonds is 6. The maximum atomic E-state index is 6.52.